The summed E-state index contributed by atoms with van der Waals surface area (Å²) in [5, 5.41) is 8.51. The lowest BCUT2D eigenvalue weighted by atomic mass is 10.1. The molecule has 6 nitrogen and oxygen atoms in total. The van der Waals surface area contributed by atoms with Crippen molar-refractivity contribution in [2.24, 2.45) is 5.14 Å². The van der Waals surface area contributed by atoms with Gasteiger partial charge in [0.25, 0.3) is 0 Å². The lowest BCUT2D eigenvalue weighted by Gasteiger charge is -2.17. The zero-order valence-electron chi connectivity index (χ0n) is 15.5. The van der Waals surface area contributed by atoms with Crippen LogP contribution < -0.4 is 19.9 Å². The van der Waals surface area contributed by atoms with Crippen molar-refractivity contribution in [2.45, 2.75) is 31.2 Å². The summed E-state index contributed by atoms with van der Waals surface area (Å²) >= 11 is 3.58. The molecule has 0 atom stereocenters. The van der Waals surface area contributed by atoms with E-state index in [1.165, 1.54) is 12.1 Å². The molecule has 2 aromatic rings. The molecule has 0 fully saturated rings. The Balaban J connectivity index is 1.98. The van der Waals surface area contributed by atoms with Crippen LogP contribution in [-0.4, -0.2) is 28.7 Å². The highest BCUT2D eigenvalue weighted by molar-refractivity contribution is 9.10. The molecule has 0 heterocycles. The number of hydrogen-bond donors (Lipinski definition) is 2. The van der Waals surface area contributed by atoms with Crippen LogP contribution in [0.5, 0.6) is 11.5 Å². The maximum absolute atomic E-state index is 11.3. The molecule has 0 saturated heterocycles. The first-order valence-electron chi connectivity index (χ1n) is 8.67. The predicted molar refractivity (Wildman–Crippen MR) is 110 cm³/mol. The molecular weight excluding hydrogens is 432 g/mol. The van der Waals surface area contributed by atoms with E-state index in [1.807, 2.05) is 12.1 Å². The third-order valence-electron chi connectivity index (χ3n) is 3.98. The fourth-order valence-electron chi connectivity index (χ4n) is 2.56. The number of halogens is 1. The molecule has 27 heavy (non-hydrogen) atoms. The fraction of sp³-hybridized carbons (Fsp3) is 0.368. The Hall–Kier alpha value is -1.61. The average Bonchev–Trinajstić information content (AvgIpc) is 2.64. The van der Waals surface area contributed by atoms with Gasteiger partial charge in [0.05, 0.1) is 18.6 Å². The molecule has 0 aliphatic carbocycles. The average molecular weight is 457 g/mol. The second-order valence-corrected chi connectivity index (χ2v) is 8.44. The molecule has 0 bridgehead atoms. The van der Waals surface area contributed by atoms with Crippen molar-refractivity contribution in [3.8, 4) is 11.5 Å². The Morgan fingerprint density at radius 2 is 1.85 bits per heavy atom. The highest BCUT2D eigenvalue weighted by Gasteiger charge is 2.14. The Labute approximate surface area is 169 Å². The van der Waals surface area contributed by atoms with Crippen molar-refractivity contribution in [3.63, 3.8) is 0 Å². The molecule has 0 aliphatic rings. The largest absolute Gasteiger partial charge is 0.493 e. The van der Waals surface area contributed by atoms with Crippen LogP contribution in [0.15, 0.2) is 45.8 Å². The van der Waals surface area contributed by atoms with Gasteiger partial charge in [-0.25, -0.2) is 13.6 Å². The number of sulfonamides is 1. The first-order chi connectivity index (χ1) is 12.9. The number of hydrogen-bond acceptors (Lipinski definition) is 5. The lowest BCUT2D eigenvalue weighted by Crippen LogP contribution is -2.18. The van der Waals surface area contributed by atoms with E-state index in [0.717, 1.165) is 40.7 Å². The normalized spacial score (nSPS) is 11.4. The van der Waals surface area contributed by atoms with E-state index in [0.29, 0.717) is 18.9 Å². The van der Waals surface area contributed by atoms with Gasteiger partial charge < -0.3 is 14.8 Å². The van der Waals surface area contributed by atoms with E-state index >= 15 is 0 Å². The van der Waals surface area contributed by atoms with Gasteiger partial charge in [-0.3, -0.25) is 0 Å². The number of rotatable bonds is 10. The molecule has 0 amide bonds. The molecule has 0 aliphatic heterocycles. The quantitative estimate of drug-likeness (QED) is 0.535. The van der Waals surface area contributed by atoms with E-state index in [4.69, 9.17) is 14.6 Å². The Bertz CT molecular complexity index is 855. The molecular formula is C19H25BrN2O4S. The first kappa shape index (κ1) is 21.7. The van der Waals surface area contributed by atoms with Crippen LogP contribution in [0, 0.1) is 0 Å². The van der Waals surface area contributed by atoms with Gasteiger partial charge in [-0.15, -0.1) is 0 Å². The number of methoxy groups -OCH3 is 1. The maximum atomic E-state index is 11.3. The standard InChI is InChI=1S/C19H25BrN2O4S/c1-3-12-26-19-16(17(20)8-9-18(19)25-2)13-22-11-10-14-4-6-15(7-5-14)27(21,23)24/h4-9,22H,3,10-13H2,1-2H3,(H2,21,23,24). The molecule has 0 saturated carbocycles. The van der Waals surface area contributed by atoms with Crippen molar-refractivity contribution in [1.82, 2.24) is 5.32 Å². The summed E-state index contributed by atoms with van der Waals surface area (Å²) in [5.41, 5.74) is 2.04. The molecule has 3 N–H and O–H groups in total. The molecule has 0 aromatic heterocycles. The van der Waals surface area contributed by atoms with Crippen LogP contribution in [0.1, 0.15) is 24.5 Å². The van der Waals surface area contributed by atoms with Crippen molar-refractivity contribution in [2.75, 3.05) is 20.3 Å². The summed E-state index contributed by atoms with van der Waals surface area (Å²) in [7, 11) is -2.02. The number of nitrogens with one attached hydrogen (secondary N) is 1. The number of nitrogens with two attached hydrogens (primary N) is 1. The third-order valence-corrected chi connectivity index (χ3v) is 5.65. The summed E-state index contributed by atoms with van der Waals surface area (Å²) in [6.07, 6.45) is 1.68. The maximum Gasteiger partial charge on any atom is 0.238 e. The van der Waals surface area contributed by atoms with Crippen molar-refractivity contribution in [1.29, 1.82) is 0 Å². The van der Waals surface area contributed by atoms with E-state index in [-0.39, 0.29) is 4.90 Å². The second kappa shape index (κ2) is 10.1. The summed E-state index contributed by atoms with van der Waals surface area (Å²) in [4.78, 5) is 0.122. The summed E-state index contributed by atoms with van der Waals surface area (Å²) in [6, 6.07) is 10.4. The second-order valence-electron chi connectivity index (χ2n) is 6.02. The molecule has 148 valence electrons. The van der Waals surface area contributed by atoms with Crippen LogP contribution in [0.3, 0.4) is 0 Å². The zero-order valence-corrected chi connectivity index (χ0v) is 17.9. The van der Waals surface area contributed by atoms with E-state index in [1.54, 1.807) is 19.2 Å². The first-order valence-corrected chi connectivity index (χ1v) is 11.0. The number of primary sulfonamides is 1. The summed E-state index contributed by atoms with van der Waals surface area (Å²) in [6.45, 7) is 4.03. The Morgan fingerprint density at radius 3 is 2.44 bits per heavy atom. The van der Waals surface area contributed by atoms with Crippen LogP contribution in [0.2, 0.25) is 0 Å². The molecule has 2 rings (SSSR count). The number of ether oxygens (including phenoxy) is 2. The smallest absolute Gasteiger partial charge is 0.238 e. The van der Waals surface area contributed by atoms with Gasteiger partial charge in [-0.05, 0) is 49.2 Å². The van der Waals surface area contributed by atoms with Crippen LogP contribution in [0.25, 0.3) is 0 Å². The highest BCUT2D eigenvalue weighted by atomic mass is 79.9. The van der Waals surface area contributed by atoms with Crippen LogP contribution in [0.4, 0.5) is 0 Å². The van der Waals surface area contributed by atoms with Crippen molar-refractivity contribution >= 4 is 26.0 Å². The molecule has 2 aromatic carbocycles. The van der Waals surface area contributed by atoms with Gasteiger partial charge in [0, 0.05) is 16.6 Å². The monoisotopic (exact) mass is 456 g/mol. The minimum absolute atomic E-state index is 0.122. The van der Waals surface area contributed by atoms with Gasteiger partial charge in [-0.2, -0.15) is 0 Å². The molecule has 0 radical (unpaired) electrons. The number of benzene rings is 2. The van der Waals surface area contributed by atoms with Gasteiger partial charge in [0.1, 0.15) is 0 Å². The fourth-order valence-corrected chi connectivity index (χ4v) is 3.53. The summed E-state index contributed by atoms with van der Waals surface area (Å²) in [5.74, 6) is 1.46. The lowest BCUT2D eigenvalue weighted by molar-refractivity contribution is 0.290. The van der Waals surface area contributed by atoms with Crippen molar-refractivity contribution < 1.29 is 17.9 Å². The topological polar surface area (TPSA) is 90.7 Å². The Kier molecular flexibility index (Phi) is 8.09. The SMILES string of the molecule is CCCOc1c(OC)ccc(Br)c1CNCCc1ccc(S(N)(=O)=O)cc1. The van der Waals surface area contributed by atoms with E-state index in [2.05, 4.69) is 28.2 Å². The summed E-state index contributed by atoms with van der Waals surface area (Å²) < 4.78 is 34.8. The minimum atomic E-state index is -3.65. The predicted octanol–water partition coefficient (Wildman–Crippen LogP) is 3.23. The zero-order chi connectivity index (χ0) is 19.9. The van der Waals surface area contributed by atoms with Crippen LogP contribution >= 0.6 is 15.9 Å². The third kappa shape index (κ3) is 6.21. The molecule has 8 heteroatoms. The van der Waals surface area contributed by atoms with E-state index in [9.17, 15) is 8.42 Å². The minimum Gasteiger partial charge on any atom is -0.493 e. The van der Waals surface area contributed by atoms with Crippen molar-refractivity contribution in [3.05, 3.63) is 52.0 Å². The van der Waals surface area contributed by atoms with E-state index < -0.39 is 10.0 Å². The molecule has 0 unspecified atom stereocenters. The van der Waals surface area contributed by atoms with Gasteiger partial charge in [0.15, 0.2) is 11.5 Å². The Morgan fingerprint density at radius 1 is 1.15 bits per heavy atom. The molecule has 0 spiro atoms. The van der Waals surface area contributed by atoms with Gasteiger partial charge in [0.2, 0.25) is 10.0 Å². The highest BCUT2D eigenvalue weighted by Crippen LogP contribution is 2.36. The van der Waals surface area contributed by atoms with Gasteiger partial charge >= 0.3 is 0 Å². The van der Waals surface area contributed by atoms with Gasteiger partial charge in [-0.1, -0.05) is 35.0 Å². The van der Waals surface area contributed by atoms with Crippen LogP contribution in [-0.2, 0) is 23.0 Å².